The molecule has 1 aliphatic rings. The quantitative estimate of drug-likeness (QED) is 0.779. The lowest BCUT2D eigenvalue weighted by Gasteiger charge is -2.29. The van der Waals surface area contributed by atoms with Crippen LogP contribution < -0.4 is 5.32 Å². The molecule has 1 aliphatic heterocycles. The number of rotatable bonds is 6. The Bertz CT molecular complexity index is 351. The zero-order valence-electron chi connectivity index (χ0n) is 12.5. The highest BCUT2D eigenvalue weighted by molar-refractivity contribution is 8.00. The number of aliphatic carboxylic acids is 1. The molecule has 3 unspecified atom stereocenters. The molecule has 1 fully saturated rings. The second kappa shape index (κ2) is 7.73. The molecule has 1 rings (SSSR count). The Morgan fingerprint density at radius 3 is 2.65 bits per heavy atom. The van der Waals surface area contributed by atoms with Gasteiger partial charge in [-0.15, -0.1) is 11.8 Å². The van der Waals surface area contributed by atoms with E-state index in [4.69, 9.17) is 4.74 Å². The van der Waals surface area contributed by atoms with Gasteiger partial charge >= 0.3 is 12.0 Å². The molecule has 0 spiro atoms. The number of carbonyl (C=O) groups excluding carboxylic acids is 1. The minimum atomic E-state index is -0.956. The van der Waals surface area contributed by atoms with E-state index in [1.54, 1.807) is 0 Å². The van der Waals surface area contributed by atoms with Crippen molar-refractivity contribution < 1.29 is 19.4 Å². The summed E-state index contributed by atoms with van der Waals surface area (Å²) in [6.07, 6.45) is 0. The molecule has 0 aromatic heterocycles. The number of thioether (sulfide) groups is 1. The first-order chi connectivity index (χ1) is 9.38. The van der Waals surface area contributed by atoms with Crippen LogP contribution in [0.4, 0.5) is 4.79 Å². The largest absolute Gasteiger partial charge is 0.480 e. The van der Waals surface area contributed by atoms with Crippen molar-refractivity contribution in [2.24, 2.45) is 5.92 Å². The second-order valence-corrected chi connectivity index (χ2v) is 6.50. The van der Waals surface area contributed by atoms with Crippen LogP contribution in [0.25, 0.3) is 0 Å². The summed E-state index contributed by atoms with van der Waals surface area (Å²) in [5.74, 6) is -0.302. The van der Waals surface area contributed by atoms with Crippen molar-refractivity contribution in [1.29, 1.82) is 0 Å². The summed E-state index contributed by atoms with van der Waals surface area (Å²) >= 11 is 1.48. The fourth-order valence-corrected chi connectivity index (χ4v) is 3.19. The van der Waals surface area contributed by atoms with E-state index < -0.39 is 12.0 Å². The van der Waals surface area contributed by atoms with E-state index in [2.05, 4.69) is 5.32 Å². The lowest BCUT2D eigenvalue weighted by molar-refractivity contribution is -0.141. The summed E-state index contributed by atoms with van der Waals surface area (Å²) in [7, 11) is 0. The average molecular weight is 304 g/mol. The van der Waals surface area contributed by atoms with Crippen LogP contribution in [-0.2, 0) is 9.53 Å². The first-order valence-electron chi connectivity index (χ1n) is 6.89. The number of carboxylic acid groups (broad SMARTS) is 1. The van der Waals surface area contributed by atoms with E-state index in [1.165, 1.54) is 16.7 Å². The van der Waals surface area contributed by atoms with Gasteiger partial charge in [0, 0.05) is 12.4 Å². The Morgan fingerprint density at radius 1 is 1.50 bits per heavy atom. The molecule has 1 saturated heterocycles. The number of nitrogens with one attached hydrogen (secondary N) is 1. The Morgan fingerprint density at radius 2 is 2.15 bits per heavy atom. The van der Waals surface area contributed by atoms with Gasteiger partial charge in [0.1, 0.15) is 6.04 Å². The zero-order chi connectivity index (χ0) is 15.3. The summed E-state index contributed by atoms with van der Waals surface area (Å²) in [5.41, 5.74) is 0. The van der Waals surface area contributed by atoms with Gasteiger partial charge in [-0.1, -0.05) is 13.8 Å². The number of amides is 2. The number of hydrogen-bond acceptors (Lipinski definition) is 4. The third-order valence-electron chi connectivity index (χ3n) is 3.36. The van der Waals surface area contributed by atoms with Crippen molar-refractivity contribution >= 4 is 23.8 Å². The van der Waals surface area contributed by atoms with Gasteiger partial charge in [-0.2, -0.15) is 0 Å². The summed E-state index contributed by atoms with van der Waals surface area (Å²) < 4.78 is 5.37. The number of nitrogens with zero attached hydrogens (tertiary/aromatic N) is 1. The van der Waals surface area contributed by atoms with E-state index in [0.717, 1.165) is 0 Å². The van der Waals surface area contributed by atoms with Gasteiger partial charge in [0.15, 0.2) is 0 Å². The van der Waals surface area contributed by atoms with Crippen LogP contribution in [0, 0.1) is 5.92 Å². The molecule has 2 amide bonds. The van der Waals surface area contributed by atoms with Crippen LogP contribution in [0.2, 0.25) is 0 Å². The van der Waals surface area contributed by atoms with Gasteiger partial charge < -0.3 is 15.2 Å². The van der Waals surface area contributed by atoms with Crippen LogP contribution >= 0.6 is 11.8 Å². The maximum absolute atomic E-state index is 12.3. The molecule has 7 heteroatoms. The molecule has 0 aromatic carbocycles. The monoisotopic (exact) mass is 304 g/mol. The molecular formula is C13H24N2O4S. The Kier molecular flexibility index (Phi) is 6.61. The summed E-state index contributed by atoms with van der Waals surface area (Å²) in [6, 6.07) is -1.20. The van der Waals surface area contributed by atoms with Crippen LogP contribution in [-0.4, -0.2) is 58.4 Å². The maximum atomic E-state index is 12.3. The number of carboxylic acids is 1. The maximum Gasteiger partial charge on any atom is 0.327 e. The Hall–Kier alpha value is -0.950. The van der Waals surface area contributed by atoms with E-state index in [9.17, 15) is 14.7 Å². The van der Waals surface area contributed by atoms with E-state index in [-0.39, 0.29) is 23.4 Å². The van der Waals surface area contributed by atoms with Crippen LogP contribution in [0.5, 0.6) is 0 Å². The summed E-state index contributed by atoms with van der Waals surface area (Å²) in [6.45, 7) is 8.78. The van der Waals surface area contributed by atoms with Gasteiger partial charge in [0.25, 0.3) is 0 Å². The third-order valence-corrected chi connectivity index (χ3v) is 4.58. The molecule has 2 N–H and O–H groups in total. The standard InChI is InChI=1S/C13H24N2O4S/c1-5-19-6-10(8(2)3)14-13(18)15-9(4)20-7-11(15)12(16)17/h8-11H,5-7H2,1-4H3,(H,14,18)(H,16,17). The fourth-order valence-electron chi connectivity index (χ4n) is 2.02. The van der Waals surface area contributed by atoms with Crippen molar-refractivity contribution in [2.45, 2.75) is 45.2 Å². The highest BCUT2D eigenvalue weighted by Gasteiger charge is 2.40. The molecule has 0 aromatic rings. The van der Waals surface area contributed by atoms with Gasteiger partial charge in [0.05, 0.1) is 18.0 Å². The first-order valence-corrected chi connectivity index (χ1v) is 7.94. The van der Waals surface area contributed by atoms with E-state index in [0.29, 0.717) is 19.0 Å². The van der Waals surface area contributed by atoms with Gasteiger partial charge in [-0.05, 0) is 19.8 Å². The van der Waals surface area contributed by atoms with Crippen LogP contribution in [0.3, 0.4) is 0 Å². The van der Waals surface area contributed by atoms with Crippen molar-refractivity contribution in [2.75, 3.05) is 19.0 Å². The topological polar surface area (TPSA) is 78.9 Å². The summed E-state index contributed by atoms with van der Waals surface area (Å²) in [4.78, 5) is 24.9. The van der Waals surface area contributed by atoms with E-state index in [1.807, 2.05) is 27.7 Å². The normalized spacial score (nSPS) is 23.9. The van der Waals surface area contributed by atoms with Gasteiger partial charge in [-0.25, -0.2) is 9.59 Å². The van der Waals surface area contributed by atoms with Gasteiger partial charge in [0.2, 0.25) is 0 Å². The van der Waals surface area contributed by atoms with Crippen molar-refractivity contribution in [3.63, 3.8) is 0 Å². The number of ether oxygens (including phenoxy) is 1. The molecule has 0 radical (unpaired) electrons. The van der Waals surface area contributed by atoms with E-state index >= 15 is 0 Å². The van der Waals surface area contributed by atoms with Gasteiger partial charge in [-0.3, -0.25) is 4.90 Å². The Balaban J connectivity index is 2.69. The first kappa shape index (κ1) is 17.1. The third kappa shape index (κ3) is 4.28. The summed E-state index contributed by atoms with van der Waals surface area (Å²) in [5, 5.41) is 11.9. The molecule has 1 heterocycles. The highest BCUT2D eigenvalue weighted by atomic mass is 32.2. The SMILES string of the molecule is CCOCC(NC(=O)N1C(C)SCC1C(=O)O)C(C)C. The molecule has 0 aliphatic carbocycles. The molecule has 0 bridgehead atoms. The predicted octanol–water partition coefficient (Wildman–Crippen LogP) is 1.61. The van der Waals surface area contributed by atoms with Crippen molar-refractivity contribution in [3.8, 4) is 0 Å². The number of carbonyl (C=O) groups is 2. The Labute approximate surface area is 124 Å². The average Bonchev–Trinajstić information content (AvgIpc) is 2.76. The molecule has 20 heavy (non-hydrogen) atoms. The van der Waals surface area contributed by atoms with Crippen molar-refractivity contribution in [1.82, 2.24) is 10.2 Å². The predicted molar refractivity (Wildman–Crippen MR) is 78.8 cm³/mol. The second-order valence-electron chi connectivity index (χ2n) is 5.15. The highest BCUT2D eigenvalue weighted by Crippen LogP contribution is 2.28. The molecule has 116 valence electrons. The van der Waals surface area contributed by atoms with Crippen LogP contribution in [0.1, 0.15) is 27.7 Å². The molecule has 0 saturated carbocycles. The molecular weight excluding hydrogens is 280 g/mol. The minimum Gasteiger partial charge on any atom is -0.480 e. The zero-order valence-corrected chi connectivity index (χ0v) is 13.3. The van der Waals surface area contributed by atoms with Crippen LogP contribution in [0.15, 0.2) is 0 Å². The number of urea groups is 1. The lowest BCUT2D eigenvalue weighted by Crippen LogP contribution is -2.53. The smallest absolute Gasteiger partial charge is 0.327 e. The minimum absolute atomic E-state index is 0.116. The molecule has 3 atom stereocenters. The van der Waals surface area contributed by atoms with Crippen molar-refractivity contribution in [3.05, 3.63) is 0 Å². The molecule has 6 nitrogen and oxygen atoms in total. The lowest BCUT2D eigenvalue weighted by atomic mass is 10.1. The number of hydrogen-bond donors (Lipinski definition) is 2. The fraction of sp³-hybridized carbons (Fsp3) is 0.846.